The third kappa shape index (κ3) is 2.34. The summed E-state index contributed by atoms with van der Waals surface area (Å²) < 4.78 is 0.933. The van der Waals surface area contributed by atoms with Crippen LogP contribution in [0, 0.1) is 0 Å². The average molecular weight is 247 g/mol. The molecule has 0 saturated heterocycles. The molecule has 0 unspecified atom stereocenters. The molecule has 0 aliphatic rings. The number of hydrogen-bond donors (Lipinski definition) is 1. The van der Waals surface area contributed by atoms with Crippen LogP contribution >= 0.6 is 27.5 Å². The summed E-state index contributed by atoms with van der Waals surface area (Å²) in [5.74, 6) is 0. The van der Waals surface area contributed by atoms with Crippen LogP contribution in [0.25, 0.3) is 0 Å². The summed E-state index contributed by atoms with van der Waals surface area (Å²) in [6, 6.07) is 5.43. The summed E-state index contributed by atoms with van der Waals surface area (Å²) in [6.07, 6.45) is 1.68. The van der Waals surface area contributed by atoms with Gasteiger partial charge in [-0.1, -0.05) is 33.6 Å². The second-order valence-electron chi connectivity index (χ2n) is 2.46. The normalized spacial score (nSPS) is 12.6. The Labute approximate surface area is 85.3 Å². The Bertz CT molecular complexity index is 278. The van der Waals surface area contributed by atoms with Crippen LogP contribution in [-0.2, 0) is 0 Å². The van der Waals surface area contributed by atoms with E-state index in [1.807, 2.05) is 18.2 Å². The second-order valence-corrected chi connectivity index (χ2v) is 3.82. The van der Waals surface area contributed by atoms with Crippen molar-refractivity contribution in [2.75, 3.05) is 0 Å². The molecule has 1 aromatic rings. The van der Waals surface area contributed by atoms with E-state index in [0.717, 1.165) is 10.0 Å². The number of halogens is 2. The van der Waals surface area contributed by atoms with Gasteiger partial charge in [-0.2, -0.15) is 0 Å². The third-order valence-electron chi connectivity index (χ3n) is 1.52. The highest BCUT2D eigenvalue weighted by atomic mass is 79.9. The fourth-order valence-corrected chi connectivity index (χ4v) is 1.79. The summed E-state index contributed by atoms with van der Waals surface area (Å²) in [6.45, 7) is 3.61. The largest absolute Gasteiger partial charge is 0.321 e. The van der Waals surface area contributed by atoms with Gasteiger partial charge in [0.05, 0.1) is 0 Å². The van der Waals surface area contributed by atoms with Crippen LogP contribution in [0.4, 0.5) is 0 Å². The van der Waals surface area contributed by atoms with Gasteiger partial charge in [0, 0.05) is 15.5 Å². The van der Waals surface area contributed by atoms with Gasteiger partial charge in [0.1, 0.15) is 0 Å². The zero-order valence-corrected chi connectivity index (χ0v) is 8.77. The molecule has 0 spiro atoms. The lowest BCUT2D eigenvalue weighted by Gasteiger charge is -2.07. The van der Waals surface area contributed by atoms with Gasteiger partial charge < -0.3 is 5.73 Å². The highest BCUT2D eigenvalue weighted by molar-refractivity contribution is 9.10. The lowest BCUT2D eigenvalue weighted by Crippen LogP contribution is -2.06. The van der Waals surface area contributed by atoms with Crippen LogP contribution in [-0.4, -0.2) is 0 Å². The molecule has 0 radical (unpaired) electrons. The lowest BCUT2D eigenvalue weighted by molar-refractivity contribution is 0.913. The van der Waals surface area contributed by atoms with Crippen molar-refractivity contribution in [3.63, 3.8) is 0 Å². The van der Waals surface area contributed by atoms with Crippen molar-refractivity contribution in [2.45, 2.75) is 6.04 Å². The standard InChI is InChI=1S/C9H9BrClN/c1-2-9(12)6-3-7(10)5-8(11)4-6/h2-5,9H,1,12H2/t9-/m0/s1. The molecule has 12 heavy (non-hydrogen) atoms. The van der Waals surface area contributed by atoms with Gasteiger partial charge in [-0.05, 0) is 23.8 Å². The average Bonchev–Trinajstić information content (AvgIpc) is 2.01. The summed E-state index contributed by atoms with van der Waals surface area (Å²) in [5, 5.41) is 0.677. The number of hydrogen-bond acceptors (Lipinski definition) is 1. The summed E-state index contributed by atoms with van der Waals surface area (Å²) in [5.41, 5.74) is 6.70. The molecule has 0 fully saturated rings. The first-order valence-corrected chi connectivity index (χ1v) is 4.64. The maximum atomic E-state index is 5.83. The van der Waals surface area contributed by atoms with E-state index >= 15 is 0 Å². The zero-order chi connectivity index (χ0) is 9.14. The maximum absolute atomic E-state index is 5.83. The van der Waals surface area contributed by atoms with E-state index in [2.05, 4.69) is 22.5 Å². The van der Waals surface area contributed by atoms with Crippen molar-refractivity contribution in [3.05, 3.63) is 45.9 Å². The van der Waals surface area contributed by atoms with Gasteiger partial charge in [0.2, 0.25) is 0 Å². The monoisotopic (exact) mass is 245 g/mol. The van der Waals surface area contributed by atoms with E-state index in [-0.39, 0.29) is 6.04 Å². The molecule has 2 N–H and O–H groups in total. The molecule has 64 valence electrons. The van der Waals surface area contributed by atoms with Crippen molar-refractivity contribution >= 4 is 27.5 Å². The summed E-state index contributed by atoms with van der Waals surface area (Å²) in [7, 11) is 0. The van der Waals surface area contributed by atoms with E-state index in [9.17, 15) is 0 Å². The highest BCUT2D eigenvalue weighted by Gasteiger charge is 2.02. The molecule has 0 amide bonds. The second kappa shape index (κ2) is 4.08. The predicted molar refractivity (Wildman–Crippen MR) is 56.3 cm³/mol. The van der Waals surface area contributed by atoms with Gasteiger partial charge in [-0.25, -0.2) is 0 Å². The molecule has 1 aromatic carbocycles. The van der Waals surface area contributed by atoms with Gasteiger partial charge in [-0.15, -0.1) is 6.58 Å². The van der Waals surface area contributed by atoms with E-state index in [0.29, 0.717) is 5.02 Å². The molecular formula is C9H9BrClN. The number of nitrogens with two attached hydrogens (primary N) is 1. The van der Waals surface area contributed by atoms with E-state index in [1.54, 1.807) is 6.08 Å². The Hall–Kier alpha value is -0.310. The van der Waals surface area contributed by atoms with Crippen molar-refractivity contribution in [3.8, 4) is 0 Å². The van der Waals surface area contributed by atoms with Crippen LogP contribution in [0.1, 0.15) is 11.6 Å². The summed E-state index contributed by atoms with van der Waals surface area (Å²) >= 11 is 9.17. The number of benzene rings is 1. The van der Waals surface area contributed by atoms with Crippen LogP contribution in [0.2, 0.25) is 5.02 Å². The third-order valence-corrected chi connectivity index (χ3v) is 2.20. The Morgan fingerprint density at radius 2 is 2.17 bits per heavy atom. The molecule has 0 bridgehead atoms. The van der Waals surface area contributed by atoms with Gasteiger partial charge >= 0.3 is 0 Å². The van der Waals surface area contributed by atoms with Crippen LogP contribution in [0.3, 0.4) is 0 Å². The Morgan fingerprint density at radius 1 is 1.50 bits per heavy atom. The van der Waals surface area contributed by atoms with Crippen LogP contribution in [0.5, 0.6) is 0 Å². The molecule has 1 nitrogen and oxygen atoms in total. The van der Waals surface area contributed by atoms with E-state index in [1.165, 1.54) is 0 Å². The molecule has 1 rings (SSSR count). The first-order valence-electron chi connectivity index (χ1n) is 3.47. The number of rotatable bonds is 2. The van der Waals surface area contributed by atoms with Gasteiger partial charge in [-0.3, -0.25) is 0 Å². The SMILES string of the molecule is C=C[C@H](N)c1cc(Cl)cc(Br)c1. The van der Waals surface area contributed by atoms with E-state index < -0.39 is 0 Å². The van der Waals surface area contributed by atoms with Crippen LogP contribution < -0.4 is 5.73 Å². The molecule has 0 saturated carbocycles. The minimum atomic E-state index is -0.153. The highest BCUT2D eigenvalue weighted by Crippen LogP contribution is 2.23. The Morgan fingerprint density at radius 3 is 2.67 bits per heavy atom. The fraction of sp³-hybridized carbons (Fsp3) is 0.111. The molecular weight excluding hydrogens is 237 g/mol. The van der Waals surface area contributed by atoms with Crippen LogP contribution in [0.15, 0.2) is 35.3 Å². The lowest BCUT2D eigenvalue weighted by atomic mass is 10.1. The molecule has 0 aliphatic heterocycles. The van der Waals surface area contributed by atoms with Gasteiger partial charge in [0.25, 0.3) is 0 Å². The topological polar surface area (TPSA) is 26.0 Å². The first kappa shape index (κ1) is 9.78. The molecule has 1 atom stereocenters. The Kier molecular flexibility index (Phi) is 3.32. The molecule has 0 aliphatic carbocycles. The first-order chi connectivity index (χ1) is 5.63. The smallest absolute Gasteiger partial charge is 0.0479 e. The van der Waals surface area contributed by atoms with Gasteiger partial charge in [0.15, 0.2) is 0 Å². The minimum absolute atomic E-state index is 0.153. The summed E-state index contributed by atoms with van der Waals surface area (Å²) in [4.78, 5) is 0. The van der Waals surface area contributed by atoms with Crippen molar-refractivity contribution in [2.24, 2.45) is 5.73 Å². The molecule has 0 heterocycles. The fourth-order valence-electron chi connectivity index (χ4n) is 0.904. The minimum Gasteiger partial charge on any atom is -0.321 e. The molecule has 0 aromatic heterocycles. The van der Waals surface area contributed by atoms with Crippen molar-refractivity contribution < 1.29 is 0 Å². The predicted octanol–water partition coefficient (Wildman–Crippen LogP) is 3.29. The quantitative estimate of drug-likeness (QED) is 0.796. The van der Waals surface area contributed by atoms with E-state index in [4.69, 9.17) is 17.3 Å². The molecule has 3 heteroatoms. The maximum Gasteiger partial charge on any atom is 0.0479 e. The van der Waals surface area contributed by atoms with Crippen molar-refractivity contribution in [1.82, 2.24) is 0 Å². The van der Waals surface area contributed by atoms with Crippen molar-refractivity contribution in [1.29, 1.82) is 0 Å². The Balaban J connectivity index is 3.08. The zero-order valence-electron chi connectivity index (χ0n) is 6.43.